The van der Waals surface area contributed by atoms with Crippen molar-refractivity contribution in [3.05, 3.63) is 30.1 Å². The first-order chi connectivity index (χ1) is 10.8. The first-order valence-corrected chi connectivity index (χ1v) is 9.70. The van der Waals surface area contributed by atoms with Gasteiger partial charge in [-0.15, -0.1) is 0 Å². The molecule has 1 amide bonds. The fourth-order valence-corrected chi connectivity index (χ4v) is 4.68. The second-order valence-electron chi connectivity index (χ2n) is 6.60. The van der Waals surface area contributed by atoms with E-state index >= 15 is 0 Å². The largest absolute Gasteiger partial charge is 0.352 e. The van der Waals surface area contributed by atoms with Gasteiger partial charge in [0.15, 0.2) is 0 Å². The lowest BCUT2D eigenvalue weighted by molar-refractivity contribution is -0.120. The van der Waals surface area contributed by atoms with E-state index in [0.29, 0.717) is 11.8 Å². The van der Waals surface area contributed by atoms with Gasteiger partial charge in [0, 0.05) is 6.04 Å². The van der Waals surface area contributed by atoms with Crippen molar-refractivity contribution in [2.75, 3.05) is 17.1 Å². The van der Waals surface area contributed by atoms with Gasteiger partial charge in [0.2, 0.25) is 15.9 Å². The summed E-state index contributed by atoms with van der Waals surface area (Å²) in [6.45, 7) is -0.323. The zero-order valence-electron chi connectivity index (χ0n) is 13.0. The highest BCUT2D eigenvalue weighted by molar-refractivity contribution is 7.92. The van der Waals surface area contributed by atoms with E-state index in [1.807, 2.05) is 0 Å². The van der Waals surface area contributed by atoms with Crippen molar-refractivity contribution in [3.63, 3.8) is 0 Å². The van der Waals surface area contributed by atoms with Gasteiger partial charge >= 0.3 is 0 Å². The zero-order chi connectivity index (χ0) is 16.6. The summed E-state index contributed by atoms with van der Waals surface area (Å²) < 4.78 is 38.2. The molecule has 2 aliphatic rings. The minimum Gasteiger partial charge on any atom is -0.352 e. The Balaban J connectivity index is 1.70. The van der Waals surface area contributed by atoms with Gasteiger partial charge in [-0.1, -0.05) is 12.5 Å². The zero-order valence-corrected chi connectivity index (χ0v) is 13.9. The van der Waals surface area contributed by atoms with E-state index in [9.17, 15) is 17.6 Å². The van der Waals surface area contributed by atoms with E-state index < -0.39 is 15.8 Å². The lowest BCUT2D eigenvalue weighted by Gasteiger charge is -2.26. The highest BCUT2D eigenvalue weighted by Crippen LogP contribution is 2.44. The third-order valence-electron chi connectivity index (χ3n) is 4.87. The Morgan fingerprint density at radius 2 is 2.13 bits per heavy atom. The van der Waals surface area contributed by atoms with Crippen LogP contribution in [0.25, 0.3) is 0 Å². The number of sulfonamides is 1. The third-order valence-corrected chi connectivity index (χ3v) is 6.01. The molecule has 1 aromatic carbocycles. The van der Waals surface area contributed by atoms with Gasteiger partial charge in [0.1, 0.15) is 12.4 Å². The van der Waals surface area contributed by atoms with Gasteiger partial charge in [-0.05, 0) is 49.3 Å². The maximum atomic E-state index is 13.4. The molecule has 2 saturated carbocycles. The van der Waals surface area contributed by atoms with Crippen molar-refractivity contribution in [2.45, 2.75) is 31.7 Å². The molecule has 23 heavy (non-hydrogen) atoms. The van der Waals surface area contributed by atoms with E-state index in [1.165, 1.54) is 24.6 Å². The Hall–Kier alpha value is -1.63. The molecule has 2 bridgehead atoms. The summed E-state index contributed by atoms with van der Waals surface area (Å²) in [4.78, 5) is 12.3. The highest BCUT2D eigenvalue weighted by atomic mass is 32.2. The number of carbonyl (C=O) groups excluding carboxylic acids is 1. The van der Waals surface area contributed by atoms with Crippen molar-refractivity contribution in [1.82, 2.24) is 5.32 Å². The maximum Gasteiger partial charge on any atom is 0.241 e. The molecular formula is C16H21FN2O3S. The van der Waals surface area contributed by atoms with Crippen LogP contribution < -0.4 is 9.62 Å². The molecule has 2 aliphatic carbocycles. The van der Waals surface area contributed by atoms with Crippen molar-refractivity contribution in [2.24, 2.45) is 11.8 Å². The Labute approximate surface area is 135 Å². The van der Waals surface area contributed by atoms with Crippen LogP contribution in [0.2, 0.25) is 0 Å². The van der Waals surface area contributed by atoms with E-state index in [4.69, 9.17) is 0 Å². The maximum absolute atomic E-state index is 13.4. The van der Waals surface area contributed by atoms with Gasteiger partial charge in [-0.2, -0.15) is 0 Å². The molecule has 0 spiro atoms. The summed E-state index contributed by atoms with van der Waals surface area (Å²) in [6.07, 6.45) is 5.52. The Morgan fingerprint density at radius 1 is 1.35 bits per heavy atom. The predicted octanol–water partition coefficient (Wildman–Crippen LogP) is 1.90. The fraction of sp³-hybridized carbons (Fsp3) is 0.562. The molecule has 0 heterocycles. The number of nitrogens with zero attached hydrogens (tertiary/aromatic N) is 1. The minimum absolute atomic E-state index is 0.148. The predicted molar refractivity (Wildman–Crippen MR) is 86.0 cm³/mol. The lowest BCUT2D eigenvalue weighted by atomic mass is 9.95. The Morgan fingerprint density at radius 3 is 2.70 bits per heavy atom. The summed E-state index contributed by atoms with van der Waals surface area (Å²) in [5.74, 6) is 0.339. The molecule has 126 valence electrons. The summed E-state index contributed by atoms with van der Waals surface area (Å²) in [6, 6.07) is 5.41. The van der Waals surface area contributed by atoms with Crippen LogP contribution in [-0.4, -0.2) is 33.2 Å². The average molecular weight is 340 g/mol. The number of nitrogens with one attached hydrogen (secondary N) is 1. The molecule has 3 rings (SSSR count). The van der Waals surface area contributed by atoms with Crippen molar-refractivity contribution < 1.29 is 17.6 Å². The molecule has 1 aromatic rings. The number of amides is 1. The number of rotatable bonds is 5. The fourth-order valence-electron chi connectivity index (χ4n) is 3.84. The average Bonchev–Trinajstić information content (AvgIpc) is 3.06. The second kappa shape index (κ2) is 6.11. The van der Waals surface area contributed by atoms with Gasteiger partial charge in [0.05, 0.1) is 11.9 Å². The van der Waals surface area contributed by atoms with Crippen LogP contribution in [0.4, 0.5) is 10.1 Å². The number of halogens is 1. The molecule has 0 aliphatic heterocycles. The van der Waals surface area contributed by atoms with Crippen LogP contribution in [0.15, 0.2) is 24.3 Å². The Kier molecular flexibility index (Phi) is 4.31. The van der Waals surface area contributed by atoms with Crippen LogP contribution in [0.5, 0.6) is 0 Å². The SMILES string of the molecule is CS(=O)(=O)N(CC(=O)NC1CC2CCC1C2)c1cccc(F)c1. The van der Waals surface area contributed by atoms with E-state index in [-0.39, 0.29) is 24.2 Å². The van der Waals surface area contributed by atoms with Gasteiger partial charge < -0.3 is 5.32 Å². The molecule has 2 fully saturated rings. The summed E-state index contributed by atoms with van der Waals surface area (Å²) in [7, 11) is -3.67. The van der Waals surface area contributed by atoms with Crippen molar-refractivity contribution >= 4 is 21.6 Å². The van der Waals surface area contributed by atoms with Crippen LogP contribution in [0, 0.1) is 17.7 Å². The topological polar surface area (TPSA) is 66.5 Å². The van der Waals surface area contributed by atoms with Crippen LogP contribution >= 0.6 is 0 Å². The van der Waals surface area contributed by atoms with Crippen LogP contribution in [-0.2, 0) is 14.8 Å². The number of anilines is 1. The van der Waals surface area contributed by atoms with Crippen LogP contribution in [0.1, 0.15) is 25.7 Å². The smallest absolute Gasteiger partial charge is 0.241 e. The van der Waals surface area contributed by atoms with E-state index in [0.717, 1.165) is 35.9 Å². The summed E-state index contributed by atoms with van der Waals surface area (Å²) in [5, 5.41) is 2.96. The molecular weight excluding hydrogens is 319 g/mol. The van der Waals surface area contributed by atoms with Gasteiger partial charge in [0.25, 0.3) is 0 Å². The standard InChI is InChI=1S/C16H21FN2O3S/c1-23(21,22)19(14-4-2-3-13(17)9-14)10-16(20)18-15-8-11-5-6-12(15)7-11/h2-4,9,11-12,15H,5-8,10H2,1H3,(H,18,20). The molecule has 1 N–H and O–H groups in total. The third kappa shape index (κ3) is 3.65. The highest BCUT2D eigenvalue weighted by Gasteiger charge is 2.40. The molecule has 7 heteroatoms. The quantitative estimate of drug-likeness (QED) is 0.890. The van der Waals surface area contributed by atoms with E-state index in [1.54, 1.807) is 0 Å². The molecule has 0 radical (unpaired) electrons. The monoisotopic (exact) mass is 340 g/mol. The van der Waals surface area contributed by atoms with Gasteiger partial charge in [-0.3, -0.25) is 9.10 Å². The summed E-state index contributed by atoms with van der Waals surface area (Å²) in [5.41, 5.74) is 0.163. The number of fused-ring (bicyclic) bond motifs is 2. The van der Waals surface area contributed by atoms with E-state index in [2.05, 4.69) is 5.32 Å². The number of hydrogen-bond acceptors (Lipinski definition) is 3. The number of hydrogen-bond donors (Lipinski definition) is 1. The number of carbonyl (C=O) groups is 1. The van der Waals surface area contributed by atoms with Crippen LogP contribution in [0.3, 0.4) is 0 Å². The second-order valence-corrected chi connectivity index (χ2v) is 8.51. The first kappa shape index (κ1) is 16.2. The Bertz CT molecular complexity index is 707. The van der Waals surface area contributed by atoms with Crippen molar-refractivity contribution in [1.29, 1.82) is 0 Å². The summed E-state index contributed by atoms with van der Waals surface area (Å²) >= 11 is 0. The molecule has 3 atom stereocenters. The first-order valence-electron chi connectivity index (χ1n) is 7.85. The lowest BCUT2D eigenvalue weighted by Crippen LogP contribution is -2.45. The molecule has 0 saturated heterocycles. The van der Waals surface area contributed by atoms with Crippen molar-refractivity contribution in [3.8, 4) is 0 Å². The van der Waals surface area contributed by atoms with Gasteiger partial charge in [-0.25, -0.2) is 12.8 Å². The molecule has 3 unspecified atom stereocenters. The molecule has 5 nitrogen and oxygen atoms in total. The minimum atomic E-state index is -3.67. The normalized spacial score (nSPS) is 26.3. The molecule has 0 aromatic heterocycles. The number of benzene rings is 1.